The van der Waals surface area contributed by atoms with Gasteiger partial charge in [-0.15, -0.1) is 0 Å². The van der Waals surface area contributed by atoms with Gasteiger partial charge in [0.25, 0.3) is 0 Å². The second-order valence-corrected chi connectivity index (χ2v) is 4.57. The summed E-state index contributed by atoms with van der Waals surface area (Å²) in [5.41, 5.74) is 0.369. The van der Waals surface area contributed by atoms with Gasteiger partial charge in [0.1, 0.15) is 5.76 Å². The maximum Gasteiger partial charge on any atom is 0.126 e. The molecular weight excluding hydrogens is 186 g/mol. The minimum Gasteiger partial charge on any atom is -0.465 e. The van der Waals surface area contributed by atoms with Crippen molar-refractivity contribution in [1.82, 2.24) is 5.32 Å². The molecule has 0 aromatic carbocycles. The molecule has 2 nitrogen and oxygen atoms in total. The van der Waals surface area contributed by atoms with Crippen molar-refractivity contribution in [2.24, 2.45) is 0 Å². The average Bonchev–Trinajstić information content (AvgIpc) is 2.84. The molecule has 1 aliphatic carbocycles. The van der Waals surface area contributed by atoms with Crippen molar-refractivity contribution in [3.05, 3.63) is 30.2 Å². The van der Waals surface area contributed by atoms with E-state index in [0.29, 0.717) is 5.54 Å². The molecule has 0 bridgehead atoms. The van der Waals surface area contributed by atoms with Crippen molar-refractivity contribution in [3.63, 3.8) is 0 Å². The predicted molar refractivity (Wildman–Crippen MR) is 62.6 cm³/mol. The molecule has 1 fully saturated rings. The molecule has 0 radical (unpaired) electrons. The van der Waals surface area contributed by atoms with Crippen LogP contribution in [0.1, 0.15) is 38.4 Å². The van der Waals surface area contributed by atoms with Gasteiger partial charge in [-0.25, -0.2) is 0 Å². The van der Waals surface area contributed by atoms with Gasteiger partial charge in [-0.2, -0.15) is 0 Å². The van der Waals surface area contributed by atoms with Crippen LogP contribution in [0.5, 0.6) is 0 Å². The lowest BCUT2D eigenvalue weighted by Crippen LogP contribution is -2.39. The topological polar surface area (TPSA) is 25.2 Å². The highest BCUT2D eigenvalue weighted by Gasteiger charge is 2.26. The van der Waals surface area contributed by atoms with Crippen molar-refractivity contribution in [2.45, 2.75) is 38.1 Å². The zero-order chi connectivity index (χ0) is 10.6. The molecule has 1 heterocycles. The standard InChI is InChI=1S/C13H19NO/c1-13(8-2-3-9-13)14-10-4-6-12-7-5-11-15-12/h4-7,11,14H,2-3,8-10H2,1H3/b6-4+. The SMILES string of the molecule is CC1(NC/C=C/c2ccco2)CCCC1. The fourth-order valence-corrected chi connectivity index (χ4v) is 2.20. The smallest absolute Gasteiger partial charge is 0.126 e. The summed E-state index contributed by atoms with van der Waals surface area (Å²) < 4.78 is 5.22. The highest BCUT2D eigenvalue weighted by molar-refractivity contribution is 5.42. The Balaban J connectivity index is 1.75. The van der Waals surface area contributed by atoms with Gasteiger partial charge < -0.3 is 9.73 Å². The normalized spacial score (nSPS) is 20.1. The first-order valence-corrected chi connectivity index (χ1v) is 5.74. The molecular formula is C13H19NO. The van der Waals surface area contributed by atoms with Crippen molar-refractivity contribution < 1.29 is 4.42 Å². The molecule has 1 aliphatic rings. The van der Waals surface area contributed by atoms with Gasteiger partial charge in [0.2, 0.25) is 0 Å². The molecule has 0 unspecified atom stereocenters. The van der Waals surface area contributed by atoms with Crippen LogP contribution >= 0.6 is 0 Å². The van der Waals surface area contributed by atoms with Crippen molar-refractivity contribution in [2.75, 3.05) is 6.54 Å². The Morgan fingerprint density at radius 3 is 2.93 bits per heavy atom. The molecule has 0 atom stereocenters. The van der Waals surface area contributed by atoms with Crippen LogP contribution < -0.4 is 5.32 Å². The highest BCUT2D eigenvalue weighted by atomic mass is 16.3. The maximum atomic E-state index is 5.22. The van der Waals surface area contributed by atoms with Crippen LogP contribution in [0, 0.1) is 0 Å². The molecule has 15 heavy (non-hydrogen) atoms. The quantitative estimate of drug-likeness (QED) is 0.816. The fraction of sp³-hybridized carbons (Fsp3) is 0.538. The minimum absolute atomic E-state index is 0.369. The van der Waals surface area contributed by atoms with Gasteiger partial charge in [-0.3, -0.25) is 0 Å². The molecule has 1 saturated carbocycles. The number of rotatable bonds is 4. The van der Waals surface area contributed by atoms with Crippen LogP contribution in [0.25, 0.3) is 6.08 Å². The lowest BCUT2D eigenvalue weighted by molar-refractivity contribution is 0.382. The molecule has 0 aliphatic heterocycles. The Bertz CT molecular complexity index is 307. The third-order valence-electron chi connectivity index (χ3n) is 3.18. The second kappa shape index (κ2) is 4.67. The Labute approximate surface area is 91.4 Å². The summed E-state index contributed by atoms with van der Waals surface area (Å²) >= 11 is 0. The van der Waals surface area contributed by atoms with Gasteiger partial charge in [0, 0.05) is 12.1 Å². The summed E-state index contributed by atoms with van der Waals surface area (Å²) in [6.07, 6.45) is 11.2. The lowest BCUT2D eigenvalue weighted by Gasteiger charge is -2.24. The van der Waals surface area contributed by atoms with Crippen LogP contribution in [0.2, 0.25) is 0 Å². The highest BCUT2D eigenvalue weighted by Crippen LogP contribution is 2.28. The van der Waals surface area contributed by atoms with E-state index in [1.807, 2.05) is 18.2 Å². The van der Waals surface area contributed by atoms with E-state index >= 15 is 0 Å². The summed E-state index contributed by atoms with van der Waals surface area (Å²) in [4.78, 5) is 0. The van der Waals surface area contributed by atoms with E-state index in [0.717, 1.165) is 12.3 Å². The van der Waals surface area contributed by atoms with E-state index in [4.69, 9.17) is 4.42 Å². The molecule has 2 heteroatoms. The molecule has 0 saturated heterocycles. The second-order valence-electron chi connectivity index (χ2n) is 4.57. The average molecular weight is 205 g/mol. The maximum absolute atomic E-state index is 5.22. The number of nitrogens with one attached hydrogen (secondary N) is 1. The van der Waals surface area contributed by atoms with Gasteiger partial charge in [0.15, 0.2) is 0 Å². The van der Waals surface area contributed by atoms with Crippen LogP contribution in [-0.4, -0.2) is 12.1 Å². The lowest BCUT2D eigenvalue weighted by atomic mass is 10.0. The molecule has 1 aromatic heterocycles. The molecule has 1 N–H and O–H groups in total. The Kier molecular flexibility index (Phi) is 3.27. The van der Waals surface area contributed by atoms with E-state index in [1.54, 1.807) is 6.26 Å². The van der Waals surface area contributed by atoms with Crippen LogP contribution in [0.4, 0.5) is 0 Å². The zero-order valence-corrected chi connectivity index (χ0v) is 9.33. The van der Waals surface area contributed by atoms with Gasteiger partial charge in [0.05, 0.1) is 6.26 Å². The van der Waals surface area contributed by atoms with Crippen LogP contribution in [-0.2, 0) is 0 Å². The van der Waals surface area contributed by atoms with Gasteiger partial charge in [-0.05, 0) is 38.0 Å². The summed E-state index contributed by atoms with van der Waals surface area (Å²) in [5.74, 6) is 0.924. The first-order valence-electron chi connectivity index (χ1n) is 5.74. The summed E-state index contributed by atoms with van der Waals surface area (Å²) in [6.45, 7) is 3.25. The monoisotopic (exact) mass is 205 g/mol. The first-order chi connectivity index (χ1) is 7.29. The van der Waals surface area contributed by atoms with Crippen molar-refractivity contribution in [1.29, 1.82) is 0 Å². The van der Waals surface area contributed by atoms with E-state index in [-0.39, 0.29) is 0 Å². The number of hydrogen-bond donors (Lipinski definition) is 1. The third kappa shape index (κ3) is 2.96. The van der Waals surface area contributed by atoms with Crippen molar-refractivity contribution >= 4 is 6.08 Å². The summed E-state index contributed by atoms with van der Waals surface area (Å²) in [6, 6.07) is 3.87. The molecule has 1 aromatic rings. The zero-order valence-electron chi connectivity index (χ0n) is 9.33. The largest absolute Gasteiger partial charge is 0.465 e. The van der Waals surface area contributed by atoms with E-state index < -0.39 is 0 Å². The molecule has 82 valence electrons. The molecule has 0 amide bonds. The molecule has 2 rings (SSSR count). The third-order valence-corrected chi connectivity index (χ3v) is 3.18. The van der Waals surface area contributed by atoms with E-state index in [9.17, 15) is 0 Å². The van der Waals surface area contributed by atoms with Gasteiger partial charge in [-0.1, -0.05) is 18.9 Å². The summed E-state index contributed by atoms with van der Waals surface area (Å²) in [5, 5.41) is 3.59. The van der Waals surface area contributed by atoms with E-state index in [2.05, 4.69) is 18.3 Å². The summed E-state index contributed by atoms with van der Waals surface area (Å²) in [7, 11) is 0. The molecule has 0 spiro atoms. The fourth-order valence-electron chi connectivity index (χ4n) is 2.20. The predicted octanol–water partition coefficient (Wildman–Crippen LogP) is 3.22. The Hall–Kier alpha value is -1.02. The Morgan fingerprint density at radius 2 is 2.27 bits per heavy atom. The minimum atomic E-state index is 0.369. The van der Waals surface area contributed by atoms with E-state index in [1.165, 1.54) is 25.7 Å². The number of furan rings is 1. The Morgan fingerprint density at radius 1 is 1.47 bits per heavy atom. The first kappa shape index (κ1) is 10.5. The number of hydrogen-bond acceptors (Lipinski definition) is 2. The van der Waals surface area contributed by atoms with Gasteiger partial charge >= 0.3 is 0 Å². The van der Waals surface area contributed by atoms with Crippen LogP contribution in [0.3, 0.4) is 0 Å². The van der Waals surface area contributed by atoms with Crippen molar-refractivity contribution in [3.8, 4) is 0 Å². The van der Waals surface area contributed by atoms with Crippen LogP contribution in [0.15, 0.2) is 28.9 Å².